The van der Waals surface area contributed by atoms with E-state index < -0.39 is 18.2 Å². The number of halogens is 1. The number of rotatable bonds is 3. The molecule has 0 saturated heterocycles. The van der Waals surface area contributed by atoms with E-state index in [1.807, 2.05) is 0 Å². The largest absolute Gasteiger partial charge is 0.508 e. The number of hydrogen-bond acceptors (Lipinski definition) is 3. The minimum atomic E-state index is -1.34. The average Bonchev–Trinajstić information content (AvgIpc) is 2.16. The van der Waals surface area contributed by atoms with E-state index in [1.165, 1.54) is 25.1 Å². The van der Waals surface area contributed by atoms with Crippen molar-refractivity contribution in [1.82, 2.24) is 0 Å². The maximum Gasteiger partial charge on any atom is 0.325 e. The molecular weight excluding hydrogens is 201 g/mol. The van der Waals surface area contributed by atoms with Crippen LogP contribution in [0.5, 0.6) is 5.75 Å². The fourth-order valence-electron chi connectivity index (χ4n) is 1.20. The number of aliphatic carboxylic acids is 1. The Balaban J connectivity index is 3.16. The van der Waals surface area contributed by atoms with Crippen molar-refractivity contribution in [1.29, 1.82) is 0 Å². The van der Waals surface area contributed by atoms with E-state index in [0.717, 1.165) is 0 Å². The van der Waals surface area contributed by atoms with Gasteiger partial charge in [-0.05, 0) is 24.6 Å². The first-order valence-corrected chi connectivity index (χ1v) is 4.38. The van der Waals surface area contributed by atoms with Crippen LogP contribution in [-0.4, -0.2) is 16.2 Å². The SMILES string of the molecule is CC(F)c1ccc(O)c(C(N)C(=O)O)c1. The molecular formula is C10H12FNO3. The van der Waals surface area contributed by atoms with E-state index in [2.05, 4.69) is 0 Å². The highest BCUT2D eigenvalue weighted by Crippen LogP contribution is 2.27. The van der Waals surface area contributed by atoms with Crippen molar-refractivity contribution in [3.8, 4) is 5.75 Å². The number of phenols is 1. The molecule has 0 amide bonds. The lowest BCUT2D eigenvalue weighted by atomic mass is 10.0. The monoisotopic (exact) mass is 213 g/mol. The molecule has 0 fully saturated rings. The van der Waals surface area contributed by atoms with Crippen molar-refractivity contribution in [2.75, 3.05) is 0 Å². The van der Waals surface area contributed by atoms with Crippen LogP contribution in [-0.2, 0) is 4.79 Å². The zero-order valence-corrected chi connectivity index (χ0v) is 8.14. The molecule has 0 spiro atoms. The highest BCUT2D eigenvalue weighted by atomic mass is 19.1. The molecule has 0 aliphatic rings. The van der Waals surface area contributed by atoms with E-state index in [-0.39, 0.29) is 11.3 Å². The minimum Gasteiger partial charge on any atom is -0.508 e. The molecule has 5 heteroatoms. The number of benzene rings is 1. The fourth-order valence-corrected chi connectivity index (χ4v) is 1.20. The van der Waals surface area contributed by atoms with Crippen LogP contribution in [0, 0.1) is 0 Å². The maximum absolute atomic E-state index is 12.9. The summed E-state index contributed by atoms with van der Waals surface area (Å²) in [7, 11) is 0. The van der Waals surface area contributed by atoms with Crippen LogP contribution >= 0.6 is 0 Å². The number of aromatic hydroxyl groups is 1. The maximum atomic E-state index is 12.9. The van der Waals surface area contributed by atoms with Crippen LogP contribution in [0.2, 0.25) is 0 Å². The first kappa shape index (κ1) is 11.5. The molecule has 1 rings (SSSR count). The summed E-state index contributed by atoms with van der Waals surface area (Å²) in [5.41, 5.74) is 5.63. The number of phenolic OH excluding ortho intramolecular Hbond substituents is 1. The Bertz CT molecular complexity index is 379. The summed E-state index contributed by atoms with van der Waals surface area (Å²) in [6, 6.07) is 2.55. The van der Waals surface area contributed by atoms with Gasteiger partial charge >= 0.3 is 5.97 Å². The third kappa shape index (κ3) is 2.44. The Morgan fingerprint density at radius 3 is 2.60 bits per heavy atom. The standard InChI is InChI=1S/C10H12FNO3/c1-5(11)6-2-3-8(13)7(4-6)9(12)10(14)15/h2-5,9,13H,12H2,1H3,(H,14,15). The van der Waals surface area contributed by atoms with Crippen molar-refractivity contribution < 1.29 is 19.4 Å². The number of carboxylic acids is 1. The Morgan fingerprint density at radius 1 is 1.53 bits per heavy atom. The number of alkyl halides is 1. The Hall–Kier alpha value is -1.62. The first-order chi connectivity index (χ1) is 6.93. The second-order valence-electron chi connectivity index (χ2n) is 3.25. The summed E-state index contributed by atoms with van der Waals surface area (Å²) in [6.45, 7) is 1.32. The summed E-state index contributed by atoms with van der Waals surface area (Å²) >= 11 is 0. The van der Waals surface area contributed by atoms with Gasteiger partial charge in [0.15, 0.2) is 0 Å². The third-order valence-electron chi connectivity index (χ3n) is 2.11. The number of carboxylic acid groups (broad SMARTS) is 1. The molecule has 82 valence electrons. The quantitative estimate of drug-likeness (QED) is 0.710. The van der Waals surface area contributed by atoms with Gasteiger partial charge in [-0.15, -0.1) is 0 Å². The fraction of sp³-hybridized carbons (Fsp3) is 0.300. The normalized spacial score (nSPS) is 14.6. The van der Waals surface area contributed by atoms with E-state index in [0.29, 0.717) is 5.56 Å². The number of nitrogens with two attached hydrogens (primary N) is 1. The van der Waals surface area contributed by atoms with Gasteiger partial charge in [-0.25, -0.2) is 4.39 Å². The summed E-state index contributed by atoms with van der Waals surface area (Å²) < 4.78 is 12.9. The Morgan fingerprint density at radius 2 is 2.13 bits per heavy atom. The van der Waals surface area contributed by atoms with Crippen LogP contribution < -0.4 is 5.73 Å². The van der Waals surface area contributed by atoms with Crippen molar-refractivity contribution in [2.45, 2.75) is 19.1 Å². The topological polar surface area (TPSA) is 83.5 Å². The number of carbonyl (C=O) groups is 1. The Labute approximate surface area is 86.1 Å². The van der Waals surface area contributed by atoms with E-state index in [4.69, 9.17) is 10.8 Å². The van der Waals surface area contributed by atoms with Crippen LogP contribution in [0.15, 0.2) is 18.2 Å². The van der Waals surface area contributed by atoms with Crippen LogP contribution in [0.4, 0.5) is 4.39 Å². The van der Waals surface area contributed by atoms with Crippen molar-refractivity contribution in [3.05, 3.63) is 29.3 Å². The van der Waals surface area contributed by atoms with Crippen LogP contribution in [0.25, 0.3) is 0 Å². The minimum absolute atomic E-state index is 0.0181. The first-order valence-electron chi connectivity index (χ1n) is 4.38. The molecule has 1 aromatic carbocycles. The van der Waals surface area contributed by atoms with Gasteiger partial charge < -0.3 is 15.9 Å². The van der Waals surface area contributed by atoms with Gasteiger partial charge in [0.25, 0.3) is 0 Å². The van der Waals surface area contributed by atoms with Crippen LogP contribution in [0.1, 0.15) is 30.3 Å². The zero-order chi connectivity index (χ0) is 11.6. The second kappa shape index (κ2) is 4.27. The summed E-state index contributed by atoms with van der Waals surface area (Å²) in [4.78, 5) is 10.6. The molecule has 0 aliphatic carbocycles. The van der Waals surface area contributed by atoms with Crippen molar-refractivity contribution in [2.24, 2.45) is 5.73 Å². The molecule has 0 saturated carbocycles. The van der Waals surface area contributed by atoms with Crippen molar-refractivity contribution in [3.63, 3.8) is 0 Å². The van der Waals surface area contributed by atoms with Gasteiger partial charge in [0, 0.05) is 5.56 Å². The molecule has 2 unspecified atom stereocenters. The number of hydrogen-bond donors (Lipinski definition) is 3. The predicted octanol–water partition coefficient (Wildman–Crippen LogP) is 1.51. The van der Waals surface area contributed by atoms with Gasteiger partial charge in [-0.2, -0.15) is 0 Å². The molecule has 1 aromatic rings. The van der Waals surface area contributed by atoms with Gasteiger partial charge in [0.05, 0.1) is 0 Å². The van der Waals surface area contributed by atoms with E-state index in [1.54, 1.807) is 0 Å². The molecule has 0 radical (unpaired) electrons. The summed E-state index contributed by atoms with van der Waals surface area (Å²) in [5, 5.41) is 18.0. The highest BCUT2D eigenvalue weighted by molar-refractivity contribution is 5.76. The molecule has 15 heavy (non-hydrogen) atoms. The third-order valence-corrected chi connectivity index (χ3v) is 2.11. The molecule has 0 aliphatic heterocycles. The van der Waals surface area contributed by atoms with E-state index in [9.17, 15) is 14.3 Å². The molecule has 0 bridgehead atoms. The van der Waals surface area contributed by atoms with Crippen molar-refractivity contribution >= 4 is 5.97 Å². The molecule has 0 aromatic heterocycles. The predicted molar refractivity (Wildman–Crippen MR) is 52.2 cm³/mol. The smallest absolute Gasteiger partial charge is 0.325 e. The average molecular weight is 213 g/mol. The molecule has 2 atom stereocenters. The summed E-state index contributed by atoms with van der Waals surface area (Å²) in [6.07, 6.45) is -1.23. The summed E-state index contributed by atoms with van der Waals surface area (Å²) in [5.74, 6) is -1.51. The molecule has 0 heterocycles. The van der Waals surface area contributed by atoms with Gasteiger partial charge in [-0.3, -0.25) is 4.79 Å². The zero-order valence-electron chi connectivity index (χ0n) is 8.14. The van der Waals surface area contributed by atoms with Gasteiger partial charge in [0.2, 0.25) is 0 Å². The molecule has 4 nitrogen and oxygen atoms in total. The molecule has 4 N–H and O–H groups in total. The van der Waals surface area contributed by atoms with Gasteiger partial charge in [-0.1, -0.05) is 6.07 Å². The van der Waals surface area contributed by atoms with Crippen LogP contribution in [0.3, 0.4) is 0 Å². The second-order valence-corrected chi connectivity index (χ2v) is 3.25. The van der Waals surface area contributed by atoms with E-state index >= 15 is 0 Å². The Kier molecular flexibility index (Phi) is 3.26. The lowest BCUT2D eigenvalue weighted by Gasteiger charge is -2.11. The lowest BCUT2D eigenvalue weighted by Crippen LogP contribution is -2.20. The lowest BCUT2D eigenvalue weighted by molar-refractivity contribution is -0.138. The highest BCUT2D eigenvalue weighted by Gasteiger charge is 2.19. The van der Waals surface area contributed by atoms with Gasteiger partial charge in [0.1, 0.15) is 18.0 Å².